The van der Waals surface area contributed by atoms with Gasteiger partial charge in [-0.2, -0.15) is 5.10 Å². The zero-order valence-corrected chi connectivity index (χ0v) is 14.8. The molecule has 0 unspecified atom stereocenters. The number of likely N-dealkylation sites (N-methyl/N-ethyl adjacent to an activating group) is 1. The van der Waals surface area contributed by atoms with Crippen molar-refractivity contribution in [3.05, 3.63) is 42.0 Å². The summed E-state index contributed by atoms with van der Waals surface area (Å²) in [6, 6.07) is 5.75. The van der Waals surface area contributed by atoms with Gasteiger partial charge in [-0.25, -0.2) is 9.37 Å². The van der Waals surface area contributed by atoms with E-state index in [-0.39, 0.29) is 17.4 Å². The Kier molecular flexibility index (Phi) is 4.36. The summed E-state index contributed by atoms with van der Waals surface area (Å²) in [4.78, 5) is 21.0. The van der Waals surface area contributed by atoms with Gasteiger partial charge in [-0.05, 0) is 19.2 Å². The summed E-state index contributed by atoms with van der Waals surface area (Å²) in [7, 11) is 2.02. The van der Waals surface area contributed by atoms with E-state index >= 15 is 0 Å². The normalized spacial score (nSPS) is 15.3. The molecule has 1 saturated heterocycles. The van der Waals surface area contributed by atoms with E-state index in [1.807, 2.05) is 7.05 Å². The molecule has 1 aromatic carbocycles. The topological polar surface area (TPSA) is 100 Å². The maximum Gasteiger partial charge on any atom is 0.272 e. The summed E-state index contributed by atoms with van der Waals surface area (Å²) >= 11 is 0. The van der Waals surface area contributed by atoms with E-state index in [4.69, 9.17) is 10.5 Å². The molecule has 0 radical (unpaired) electrons. The average Bonchev–Trinajstić information content (AvgIpc) is 3.09. The third kappa shape index (κ3) is 3.28. The highest BCUT2D eigenvalue weighted by molar-refractivity contribution is 6.06. The molecule has 0 atom stereocenters. The number of fused-ring (bicyclic) bond motifs is 1. The van der Waals surface area contributed by atoms with E-state index in [9.17, 15) is 9.18 Å². The molecule has 3 aromatic rings. The molecule has 1 aliphatic rings. The highest BCUT2D eigenvalue weighted by atomic mass is 19.1. The van der Waals surface area contributed by atoms with Crippen molar-refractivity contribution >= 4 is 22.6 Å². The number of carbonyl (C=O) groups excluding carboxylic acids is 1. The van der Waals surface area contributed by atoms with Crippen molar-refractivity contribution in [1.29, 1.82) is 0 Å². The maximum atomic E-state index is 14.1. The number of aromatic amines is 1. The second-order valence-electron chi connectivity index (χ2n) is 6.49. The lowest BCUT2D eigenvalue weighted by Gasteiger charge is -2.32. The minimum atomic E-state index is -0.588. The molecular formula is C18H19FN6O2. The van der Waals surface area contributed by atoms with E-state index in [1.54, 1.807) is 17.0 Å². The van der Waals surface area contributed by atoms with E-state index in [2.05, 4.69) is 20.1 Å². The lowest BCUT2D eigenvalue weighted by Crippen LogP contribution is -2.47. The molecule has 2 aromatic heterocycles. The molecule has 1 amide bonds. The van der Waals surface area contributed by atoms with Crippen molar-refractivity contribution in [1.82, 2.24) is 25.0 Å². The van der Waals surface area contributed by atoms with Crippen molar-refractivity contribution in [2.75, 3.05) is 39.0 Å². The van der Waals surface area contributed by atoms with Gasteiger partial charge in [0.15, 0.2) is 17.2 Å². The first-order valence-electron chi connectivity index (χ1n) is 8.56. The van der Waals surface area contributed by atoms with E-state index in [1.165, 1.54) is 18.3 Å². The van der Waals surface area contributed by atoms with Gasteiger partial charge in [0.2, 0.25) is 0 Å². The molecule has 1 aliphatic heterocycles. The number of nitrogens with one attached hydrogen (secondary N) is 1. The van der Waals surface area contributed by atoms with Crippen LogP contribution in [-0.2, 0) is 0 Å². The van der Waals surface area contributed by atoms with E-state index < -0.39 is 5.82 Å². The molecule has 0 bridgehead atoms. The lowest BCUT2D eigenvalue weighted by molar-refractivity contribution is 0.0660. The number of hydrogen-bond acceptors (Lipinski definition) is 6. The number of pyridine rings is 1. The van der Waals surface area contributed by atoms with Crippen LogP contribution < -0.4 is 10.5 Å². The monoisotopic (exact) mass is 370 g/mol. The predicted octanol–water partition coefficient (Wildman–Crippen LogP) is 1.86. The highest BCUT2D eigenvalue weighted by Crippen LogP contribution is 2.32. The Labute approximate surface area is 154 Å². The Hall–Kier alpha value is -3.20. The molecule has 4 rings (SSSR count). The quantitative estimate of drug-likeness (QED) is 0.683. The number of rotatable bonds is 3. The number of nitrogen functional groups attached to an aromatic ring is 1. The number of hydrogen-bond donors (Lipinski definition) is 2. The number of anilines is 1. The van der Waals surface area contributed by atoms with Gasteiger partial charge in [-0.1, -0.05) is 0 Å². The Bertz CT molecular complexity index is 997. The molecule has 3 N–H and O–H groups in total. The number of carbonyl (C=O) groups is 1. The molecule has 1 fully saturated rings. The average molecular weight is 370 g/mol. The summed E-state index contributed by atoms with van der Waals surface area (Å²) in [5, 5.41) is 7.29. The smallest absolute Gasteiger partial charge is 0.272 e. The van der Waals surface area contributed by atoms with Gasteiger partial charge < -0.3 is 20.3 Å². The predicted molar refractivity (Wildman–Crippen MR) is 98.2 cm³/mol. The van der Waals surface area contributed by atoms with Gasteiger partial charge in [0, 0.05) is 50.2 Å². The molecule has 0 aliphatic carbocycles. The van der Waals surface area contributed by atoms with Crippen molar-refractivity contribution in [3.8, 4) is 11.5 Å². The SMILES string of the molecule is CN1CCN(C(=O)c2[nH]nc3nccc(Oc4ccc(N)cc4F)c23)CC1. The van der Waals surface area contributed by atoms with Gasteiger partial charge in [0.05, 0.1) is 5.39 Å². The van der Waals surface area contributed by atoms with Crippen molar-refractivity contribution in [2.24, 2.45) is 0 Å². The lowest BCUT2D eigenvalue weighted by atomic mass is 10.2. The van der Waals surface area contributed by atoms with Crippen molar-refractivity contribution in [3.63, 3.8) is 0 Å². The summed E-state index contributed by atoms with van der Waals surface area (Å²) in [6.07, 6.45) is 1.50. The van der Waals surface area contributed by atoms with Crippen LogP contribution in [0.2, 0.25) is 0 Å². The molecule has 0 spiro atoms. The zero-order valence-electron chi connectivity index (χ0n) is 14.8. The fourth-order valence-electron chi connectivity index (χ4n) is 3.04. The number of ether oxygens (including phenoxy) is 1. The fourth-order valence-corrected chi connectivity index (χ4v) is 3.04. The Morgan fingerprint density at radius 1 is 1.22 bits per heavy atom. The van der Waals surface area contributed by atoms with Gasteiger partial charge in [-0.3, -0.25) is 9.89 Å². The first-order chi connectivity index (χ1) is 13.0. The van der Waals surface area contributed by atoms with Crippen molar-refractivity contribution in [2.45, 2.75) is 0 Å². The standard InChI is InChI=1S/C18H19FN6O2/c1-24-6-8-25(9-7-24)18(26)16-15-14(4-5-21-17(15)23-22-16)27-13-3-2-11(20)10-12(13)19/h2-5,10H,6-9,20H2,1H3,(H,21,22,23). The van der Waals surface area contributed by atoms with E-state index in [0.29, 0.717) is 35.6 Å². The largest absolute Gasteiger partial charge is 0.453 e. The minimum Gasteiger partial charge on any atom is -0.453 e. The van der Waals surface area contributed by atoms with Gasteiger partial charge >= 0.3 is 0 Å². The molecular weight excluding hydrogens is 351 g/mol. The third-order valence-corrected chi connectivity index (χ3v) is 4.60. The molecule has 27 heavy (non-hydrogen) atoms. The van der Waals surface area contributed by atoms with Crippen molar-refractivity contribution < 1.29 is 13.9 Å². The van der Waals surface area contributed by atoms with Gasteiger partial charge in [-0.15, -0.1) is 0 Å². The number of benzene rings is 1. The van der Waals surface area contributed by atoms with E-state index in [0.717, 1.165) is 13.1 Å². The van der Waals surface area contributed by atoms with Crippen LogP contribution in [0.15, 0.2) is 30.5 Å². The van der Waals surface area contributed by atoms with Gasteiger partial charge in [0.1, 0.15) is 11.4 Å². The second kappa shape index (κ2) is 6.84. The molecule has 8 nitrogen and oxygen atoms in total. The Morgan fingerprint density at radius 2 is 2.00 bits per heavy atom. The van der Waals surface area contributed by atoms with Crippen LogP contribution in [-0.4, -0.2) is 64.1 Å². The van der Waals surface area contributed by atoms with Crippen LogP contribution in [0.3, 0.4) is 0 Å². The minimum absolute atomic E-state index is 0.0101. The molecule has 9 heteroatoms. The number of amides is 1. The highest BCUT2D eigenvalue weighted by Gasteiger charge is 2.26. The van der Waals surface area contributed by atoms with Crippen LogP contribution in [0, 0.1) is 5.82 Å². The molecule has 140 valence electrons. The van der Waals surface area contributed by atoms with Crippen LogP contribution in [0.1, 0.15) is 10.5 Å². The second-order valence-corrected chi connectivity index (χ2v) is 6.49. The summed E-state index contributed by atoms with van der Waals surface area (Å²) < 4.78 is 19.8. The number of piperazine rings is 1. The van der Waals surface area contributed by atoms with Crippen LogP contribution in [0.25, 0.3) is 11.0 Å². The summed E-state index contributed by atoms with van der Waals surface area (Å²) in [5.74, 6) is -0.456. The summed E-state index contributed by atoms with van der Waals surface area (Å²) in [5.41, 5.74) is 6.50. The number of nitrogens with two attached hydrogens (primary N) is 1. The number of nitrogens with zero attached hydrogens (tertiary/aromatic N) is 4. The maximum absolute atomic E-state index is 14.1. The molecule has 0 saturated carbocycles. The Morgan fingerprint density at radius 3 is 2.74 bits per heavy atom. The third-order valence-electron chi connectivity index (χ3n) is 4.60. The molecule has 3 heterocycles. The van der Waals surface area contributed by atoms with Crippen LogP contribution in [0.5, 0.6) is 11.5 Å². The fraction of sp³-hybridized carbons (Fsp3) is 0.278. The Balaban J connectivity index is 1.70. The van der Waals surface area contributed by atoms with Crippen LogP contribution >= 0.6 is 0 Å². The first-order valence-corrected chi connectivity index (χ1v) is 8.56. The van der Waals surface area contributed by atoms with Crippen LogP contribution in [0.4, 0.5) is 10.1 Å². The first kappa shape index (κ1) is 17.2. The number of halogens is 1. The van der Waals surface area contributed by atoms with Gasteiger partial charge in [0.25, 0.3) is 5.91 Å². The number of aromatic nitrogens is 3. The number of H-pyrrole nitrogens is 1. The summed E-state index contributed by atoms with van der Waals surface area (Å²) in [6.45, 7) is 2.85. The zero-order chi connectivity index (χ0) is 19.0.